The third-order valence-electron chi connectivity index (χ3n) is 5.89. The van der Waals surface area contributed by atoms with Crippen LogP contribution in [0, 0.1) is 6.92 Å². The van der Waals surface area contributed by atoms with Crippen molar-refractivity contribution in [3.63, 3.8) is 0 Å². The average molecular weight is 457 g/mol. The monoisotopic (exact) mass is 457 g/mol. The predicted octanol–water partition coefficient (Wildman–Crippen LogP) is 3.86. The van der Waals surface area contributed by atoms with E-state index in [-0.39, 0.29) is 23.6 Å². The topological polar surface area (TPSA) is 88.6 Å². The average Bonchev–Trinajstić information content (AvgIpc) is 3.38. The maximum atomic E-state index is 13.0. The van der Waals surface area contributed by atoms with E-state index >= 15 is 0 Å². The van der Waals surface area contributed by atoms with Gasteiger partial charge in [0.1, 0.15) is 11.5 Å². The molecule has 1 aliphatic rings. The van der Waals surface area contributed by atoms with Gasteiger partial charge in [-0.2, -0.15) is 18.3 Å². The molecular formula is C22H22F3N7O. The van der Waals surface area contributed by atoms with Crippen molar-refractivity contribution in [1.82, 2.24) is 29.3 Å². The highest BCUT2D eigenvalue weighted by atomic mass is 19.4. The molecule has 5 rings (SSSR count). The number of halogens is 3. The molecule has 0 atom stereocenters. The summed E-state index contributed by atoms with van der Waals surface area (Å²) in [5, 5.41) is 10.7. The van der Waals surface area contributed by atoms with E-state index in [1.165, 1.54) is 4.40 Å². The van der Waals surface area contributed by atoms with Crippen LogP contribution in [0.1, 0.15) is 47.4 Å². The molecular weight excluding hydrogens is 435 g/mol. The first kappa shape index (κ1) is 21.2. The van der Waals surface area contributed by atoms with Gasteiger partial charge >= 0.3 is 6.18 Å². The molecule has 4 aromatic rings. The summed E-state index contributed by atoms with van der Waals surface area (Å²) < 4.78 is 42.1. The van der Waals surface area contributed by atoms with Crippen LogP contribution >= 0.6 is 0 Å². The number of aryl methyl sites for hydroxylation is 1. The molecule has 0 aliphatic heterocycles. The minimum absolute atomic E-state index is 0.0199. The molecule has 1 saturated carbocycles. The number of imidazole rings is 1. The SMILES string of the molecule is Cc1cc2ncc(C(=O)NC3CCC(Nc4cccc5nc(C(F)(F)F)cn45)CC3)cn2n1. The number of nitrogens with zero attached hydrogens (tertiary/aromatic N) is 5. The Morgan fingerprint density at radius 3 is 2.61 bits per heavy atom. The van der Waals surface area contributed by atoms with E-state index in [2.05, 4.69) is 25.7 Å². The van der Waals surface area contributed by atoms with Crippen molar-refractivity contribution >= 4 is 23.0 Å². The van der Waals surface area contributed by atoms with Gasteiger partial charge in [-0.3, -0.25) is 9.20 Å². The lowest BCUT2D eigenvalue weighted by Gasteiger charge is -2.30. The number of amides is 1. The fourth-order valence-corrected chi connectivity index (χ4v) is 4.24. The molecule has 4 heterocycles. The number of carbonyl (C=O) groups is 1. The van der Waals surface area contributed by atoms with E-state index in [9.17, 15) is 18.0 Å². The van der Waals surface area contributed by atoms with Crippen LogP contribution in [-0.4, -0.2) is 42.0 Å². The maximum absolute atomic E-state index is 13.0. The van der Waals surface area contributed by atoms with Gasteiger partial charge in [0.05, 0.1) is 11.3 Å². The van der Waals surface area contributed by atoms with Crippen LogP contribution < -0.4 is 10.6 Å². The van der Waals surface area contributed by atoms with Gasteiger partial charge in [-0.25, -0.2) is 14.5 Å². The zero-order valence-corrected chi connectivity index (χ0v) is 17.8. The molecule has 11 heteroatoms. The Kier molecular flexibility index (Phi) is 5.18. The predicted molar refractivity (Wildman–Crippen MR) is 115 cm³/mol. The second-order valence-electron chi connectivity index (χ2n) is 8.36. The number of aromatic nitrogens is 5. The van der Waals surface area contributed by atoms with Gasteiger partial charge in [0.25, 0.3) is 5.91 Å². The zero-order valence-electron chi connectivity index (χ0n) is 17.8. The second kappa shape index (κ2) is 8.05. The third-order valence-corrected chi connectivity index (χ3v) is 5.89. The maximum Gasteiger partial charge on any atom is 0.434 e. The largest absolute Gasteiger partial charge is 0.434 e. The first-order valence-corrected chi connectivity index (χ1v) is 10.7. The van der Waals surface area contributed by atoms with Gasteiger partial charge in [0, 0.05) is 36.7 Å². The lowest BCUT2D eigenvalue weighted by Crippen LogP contribution is -2.40. The fraction of sp³-hybridized carbons (Fsp3) is 0.364. The molecule has 0 bridgehead atoms. The summed E-state index contributed by atoms with van der Waals surface area (Å²) in [7, 11) is 0. The summed E-state index contributed by atoms with van der Waals surface area (Å²) in [5.74, 6) is 0.369. The van der Waals surface area contributed by atoms with Gasteiger partial charge in [-0.1, -0.05) is 6.07 Å². The van der Waals surface area contributed by atoms with Crippen molar-refractivity contribution in [2.45, 2.75) is 50.9 Å². The van der Waals surface area contributed by atoms with Crippen LogP contribution in [0.2, 0.25) is 0 Å². The highest BCUT2D eigenvalue weighted by Crippen LogP contribution is 2.30. The number of pyridine rings is 1. The second-order valence-corrected chi connectivity index (χ2v) is 8.36. The smallest absolute Gasteiger partial charge is 0.368 e. The molecule has 0 spiro atoms. The Morgan fingerprint density at radius 2 is 1.85 bits per heavy atom. The highest BCUT2D eigenvalue weighted by Gasteiger charge is 2.34. The van der Waals surface area contributed by atoms with E-state index in [1.807, 2.05) is 13.0 Å². The third kappa shape index (κ3) is 4.35. The van der Waals surface area contributed by atoms with Gasteiger partial charge < -0.3 is 10.6 Å². The Labute approximate surface area is 186 Å². The van der Waals surface area contributed by atoms with Crippen LogP contribution in [0.5, 0.6) is 0 Å². The van der Waals surface area contributed by atoms with E-state index < -0.39 is 11.9 Å². The van der Waals surface area contributed by atoms with Crippen molar-refractivity contribution in [1.29, 1.82) is 0 Å². The van der Waals surface area contributed by atoms with Crippen molar-refractivity contribution in [2.75, 3.05) is 5.32 Å². The lowest BCUT2D eigenvalue weighted by atomic mass is 9.91. The van der Waals surface area contributed by atoms with E-state index in [0.717, 1.165) is 37.6 Å². The standard InChI is InChI=1S/C22H22F3N7O/c1-13-9-20-26-10-14(11-32(20)30-13)21(33)28-16-7-5-15(6-8-16)27-18-3-2-4-19-29-17(12-31(18)19)22(23,24)25/h2-4,9-12,15-16,27H,5-8H2,1H3,(H,28,33). The minimum atomic E-state index is -4.49. The Morgan fingerprint density at radius 1 is 1.09 bits per heavy atom. The summed E-state index contributed by atoms with van der Waals surface area (Å²) in [6.45, 7) is 1.86. The number of hydrogen-bond acceptors (Lipinski definition) is 5. The molecule has 33 heavy (non-hydrogen) atoms. The van der Waals surface area contributed by atoms with E-state index in [0.29, 0.717) is 17.0 Å². The molecule has 0 saturated heterocycles. The summed E-state index contributed by atoms with van der Waals surface area (Å²) in [4.78, 5) is 20.6. The molecule has 0 unspecified atom stereocenters. The van der Waals surface area contributed by atoms with Crippen molar-refractivity contribution in [3.05, 3.63) is 59.8 Å². The minimum Gasteiger partial charge on any atom is -0.368 e. The molecule has 2 N–H and O–H groups in total. The Bertz CT molecular complexity index is 1320. The number of fused-ring (bicyclic) bond motifs is 2. The van der Waals surface area contributed by atoms with Crippen molar-refractivity contribution in [2.24, 2.45) is 0 Å². The summed E-state index contributed by atoms with van der Waals surface area (Å²) in [5.41, 5.74) is 1.28. The molecule has 1 aliphatic carbocycles. The first-order chi connectivity index (χ1) is 15.8. The number of nitrogens with one attached hydrogen (secondary N) is 2. The van der Waals surface area contributed by atoms with Crippen LogP contribution in [-0.2, 0) is 6.18 Å². The van der Waals surface area contributed by atoms with Crippen molar-refractivity contribution < 1.29 is 18.0 Å². The quantitative estimate of drug-likeness (QED) is 0.486. The molecule has 8 nitrogen and oxygen atoms in total. The molecule has 1 amide bonds. The number of hydrogen-bond donors (Lipinski definition) is 2. The molecule has 1 fully saturated rings. The number of rotatable bonds is 4. The van der Waals surface area contributed by atoms with Crippen LogP contribution in [0.3, 0.4) is 0 Å². The Balaban J connectivity index is 1.20. The van der Waals surface area contributed by atoms with Gasteiger partial charge in [0.15, 0.2) is 11.3 Å². The van der Waals surface area contributed by atoms with Gasteiger partial charge in [-0.05, 0) is 44.7 Å². The normalized spacial score (nSPS) is 19.2. The molecule has 4 aromatic heterocycles. The summed E-state index contributed by atoms with van der Waals surface area (Å²) in [6.07, 6.45) is 2.79. The van der Waals surface area contributed by atoms with Gasteiger partial charge in [-0.15, -0.1) is 0 Å². The molecule has 0 aromatic carbocycles. The van der Waals surface area contributed by atoms with E-state index in [4.69, 9.17) is 0 Å². The Hall–Kier alpha value is -3.63. The number of alkyl halides is 3. The fourth-order valence-electron chi connectivity index (χ4n) is 4.24. The molecule has 0 radical (unpaired) electrons. The molecule has 172 valence electrons. The number of carbonyl (C=O) groups excluding carboxylic acids is 1. The zero-order chi connectivity index (χ0) is 23.2. The first-order valence-electron chi connectivity index (χ1n) is 10.7. The summed E-state index contributed by atoms with van der Waals surface area (Å²) >= 11 is 0. The van der Waals surface area contributed by atoms with Crippen molar-refractivity contribution in [3.8, 4) is 0 Å². The van der Waals surface area contributed by atoms with Crippen LogP contribution in [0.25, 0.3) is 11.3 Å². The van der Waals surface area contributed by atoms with Crippen LogP contribution in [0.4, 0.5) is 19.0 Å². The van der Waals surface area contributed by atoms with Crippen LogP contribution in [0.15, 0.2) is 42.9 Å². The summed E-state index contributed by atoms with van der Waals surface area (Å²) in [6, 6.07) is 6.91. The lowest BCUT2D eigenvalue weighted by molar-refractivity contribution is -0.140. The number of anilines is 1. The van der Waals surface area contributed by atoms with E-state index in [1.54, 1.807) is 35.1 Å². The van der Waals surface area contributed by atoms with Gasteiger partial charge in [0.2, 0.25) is 0 Å². The highest BCUT2D eigenvalue weighted by molar-refractivity contribution is 5.94.